The molecule has 2 aromatic heterocycles. The first kappa shape index (κ1) is 10.3. The van der Waals surface area contributed by atoms with Crippen molar-refractivity contribution in [3.05, 3.63) is 30.4 Å². The zero-order valence-electron chi connectivity index (χ0n) is 8.29. The molecule has 0 aliphatic rings. The van der Waals surface area contributed by atoms with E-state index in [1.54, 1.807) is 24.5 Å². The highest BCUT2D eigenvalue weighted by Crippen LogP contribution is 2.14. The van der Waals surface area contributed by atoms with Gasteiger partial charge in [0.15, 0.2) is 0 Å². The third kappa shape index (κ3) is 2.41. The largest absolute Gasteiger partial charge is 0.550 e. The lowest BCUT2D eigenvalue weighted by molar-refractivity contribution is -0.305. The maximum Gasteiger partial charge on any atom is 0.227 e. The van der Waals surface area contributed by atoms with Gasteiger partial charge in [0.05, 0.1) is 0 Å². The van der Waals surface area contributed by atoms with Crippen LogP contribution in [0.3, 0.4) is 0 Å². The number of pyridine rings is 1. The normalized spacial score (nSPS) is 10.2. The molecule has 6 nitrogen and oxygen atoms in total. The van der Waals surface area contributed by atoms with Crippen molar-refractivity contribution in [2.24, 2.45) is 0 Å². The molecule has 0 fully saturated rings. The Bertz CT molecular complexity index is 481. The van der Waals surface area contributed by atoms with Gasteiger partial charge >= 0.3 is 0 Å². The molecule has 0 aromatic carbocycles. The summed E-state index contributed by atoms with van der Waals surface area (Å²) in [5.74, 6) is -0.421. The number of rotatable bonds is 4. The number of carbonyl (C=O) groups is 1. The highest BCUT2D eigenvalue weighted by molar-refractivity contribution is 5.64. The lowest BCUT2D eigenvalue weighted by Gasteiger charge is -1.95. The highest BCUT2D eigenvalue weighted by Gasteiger charge is 2.07. The number of hydrogen-bond donors (Lipinski definition) is 0. The molecule has 0 aliphatic carbocycles. The summed E-state index contributed by atoms with van der Waals surface area (Å²) in [5.41, 5.74) is 0.776. The molecule has 2 aromatic rings. The molecule has 0 spiro atoms. The van der Waals surface area contributed by atoms with Gasteiger partial charge in [-0.25, -0.2) is 0 Å². The molecule has 0 unspecified atom stereocenters. The Morgan fingerprint density at radius 3 is 2.81 bits per heavy atom. The molecule has 2 rings (SSSR count). The number of carbonyl (C=O) groups excluding carboxylic acids is 1. The minimum absolute atomic E-state index is 0.127. The Morgan fingerprint density at radius 1 is 1.38 bits per heavy atom. The van der Waals surface area contributed by atoms with Crippen LogP contribution in [0, 0.1) is 0 Å². The highest BCUT2D eigenvalue weighted by atomic mass is 16.5. The number of aryl methyl sites for hydroxylation is 1. The molecule has 2 heterocycles. The molecular formula is C10H8N3O3-. The number of carboxylic acid groups (broad SMARTS) is 1. The van der Waals surface area contributed by atoms with Gasteiger partial charge in [-0.2, -0.15) is 4.98 Å². The van der Waals surface area contributed by atoms with Crippen molar-refractivity contribution in [3.63, 3.8) is 0 Å². The lowest BCUT2D eigenvalue weighted by atomic mass is 10.2. The Labute approximate surface area is 90.9 Å². The Hall–Kier alpha value is -2.24. The number of hydrogen-bond acceptors (Lipinski definition) is 6. The predicted molar refractivity (Wildman–Crippen MR) is 50.9 cm³/mol. The number of aliphatic carboxylic acids is 1. The molecule has 0 saturated carbocycles. The SMILES string of the molecule is O=C([O-])CCc1nc(-c2ccncc2)no1. The van der Waals surface area contributed by atoms with E-state index in [0.717, 1.165) is 5.56 Å². The standard InChI is InChI=1S/C10H9N3O3/c14-9(15)2-1-8-12-10(13-16-8)7-3-5-11-6-4-7/h3-6H,1-2H2,(H,14,15)/p-1. The van der Waals surface area contributed by atoms with Gasteiger partial charge in [-0.15, -0.1) is 0 Å². The van der Waals surface area contributed by atoms with E-state index >= 15 is 0 Å². The maximum absolute atomic E-state index is 10.2. The van der Waals surface area contributed by atoms with Crippen molar-refractivity contribution in [2.45, 2.75) is 12.8 Å². The van der Waals surface area contributed by atoms with Gasteiger partial charge in [-0.05, 0) is 18.6 Å². The number of carboxylic acids is 1. The Balaban J connectivity index is 2.11. The fourth-order valence-electron chi connectivity index (χ4n) is 1.18. The monoisotopic (exact) mass is 218 g/mol. The Morgan fingerprint density at radius 2 is 2.12 bits per heavy atom. The van der Waals surface area contributed by atoms with E-state index in [-0.39, 0.29) is 18.7 Å². The van der Waals surface area contributed by atoms with Gasteiger partial charge in [0, 0.05) is 30.3 Å². The molecule has 16 heavy (non-hydrogen) atoms. The van der Waals surface area contributed by atoms with Crippen LogP contribution in [-0.4, -0.2) is 21.1 Å². The van der Waals surface area contributed by atoms with Crippen molar-refractivity contribution >= 4 is 5.97 Å². The van der Waals surface area contributed by atoms with Gasteiger partial charge in [-0.3, -0.25) is 4.98 Å². The van der Waals surface area contributed by atoms with Gasteiger partial charge < -0.3 is 14.4 Å². The second-order valence-corrected chi connectivity index (χ2v) is 3.12. The van der Waals surface area contributed by atoms with E-state index in [9.17, 15) is 9.90 Å². The van der Waals surface area contributed by atoms with Crippen LogP contribution in [0.2, 0.25) is 0 Å². The summed E-state index contributed by atoms with van der Waals surface area (Å²) in [4.78, 5) is 18.2. The van der Waals surface area contributed by atoms with Gasteiger partial charge in [0.25, 0.3) is 0 Å². The summed E-state index contributed by atoms with van der Waals surface area (Å²) >= 11 is 0. The minimum atomic E-state index is -1.14. The van der Waals surface area contributed by atoms with Crippen LogP contribution in [0.1, 0.15) is 12.3 Å². The van der Waals surface area contributed by atoms with E-state index in [4.69, 9.17) is 4.52 Å². The number of nitrogens with zero attached hydrogens (tertiary/aromatic N) is 3. The van der Waals surface area contributed by atoms with Crippen LogP contribution in [0.15, 0.2) is 29.0 Å². The van der Waals surface area contributed by atoms with Crippen molar-refractivity contribution < 1.29 is 14.4 Å². The van der Waals surface area contributed by atoms with E-state index in [2.05, 4.69) is 15.1 Å². The third-order valence-corrected chi connectivity index (χ3v) is 1.95. The molecule has 82 valence electrons. The second kappa shape index (κ2) is 4.52. The van der Waals surface area contributed by atoms with E-state index in [0.29, 0.717) is 5.82 Å². The molecule has 0 amide bonds. The summed E-state index contributed by atoms with van der Waals surface area (Å²) < 4.78 is 4.90. The van der Waals surface area contributed by atoms with Crippen molar-refractivity contribution in [1.29, 1.82) is 0 Å². The first-order chi connectivity index (χ1) is 7.75. The molecule has 6 heteroatoms. The summed E-state index contributed by atoms with van der Waals surface area (Å²) in [6, 6.07) is 3.49. The number of aromatic nitrogens is 3. The van der Waals surface area contributed by atoms with E-state index in [1.165, 1.54) is 0 Å². The van der Waals surface area contributed by atoms with Crippen LogP contribution in [0.4, 0.5) is 0 Å². The van der Waals surface area contributed by atoms with Gasteiger partial charge in [-0.1, -0.05) is 5.16 Å². The zero-order valence-corrected chi connectivity index (χ0v) is 8.29. The molecule has 0 atom stereocenters. The predicted octanol–water partition coefficient (Wildman–Crippen LogP) is -0.186. The van der Waals surface area contributed by atoms with Crippen LogP contribution >= 0.6 is 0 Å². The summed E-state index contributed by atoms with van der Waals surface area (Å²) in [7, 11) is 0. The van der Waals surface area contributed by atoms with Crippen molar-refractivity contribution in [3.8, 4) is 11.4 Å². The summed E-state index contributed by atoms with van der Waals surface area (Å²) in [6.45, 7) is 0. The molecule has 0 radical (unpaired) electrons. The summed E-state index contributed by atoms with van der Waals surface area (Å²) in [6.07, 6.45) is 3.29. The average molecular weight is 218 g/mol. The average Bonchev–Trinajstić information content (AvgIpc) is 2.76. The fourth-order valence-corrected chi connectivity index (χ4v) is 1.18. The zero-order chi connectivity index (χ0) is 11.4. The molecule has 0 saturated heterocycles. The van der Waals surface area contributed by atoms with Crippen LogP contribution in [-0.2, 0) is 11.2 Å². The molecule has 0 aliphatic heterocycles. The first-order valence-electron chi connectivity index (χ1n) is 4.68. The van der Waals surface area contributed by atoms with Crippen LogP contribution < -0.4 is 5.11 Å². The summed E-state index contributed by atoms with van der Waals surface area (Å²) in [5, 5.41) is 14.0. The smallest absolute Gasteiger partial charge is 0.227 e. The molecule has 0 bridgehead atoms. The maximum atomic E-state index is 10.2. The quantitative estimate of drug-likeness (QED) is 0.706. The lowest BCUT2D eigenvalue weighted by Crippen LogP contribution is -2.22. The molecular weight excluding hydrogens is 210 g/mol. The van der Waals surface area contributed by atoms with Crippen molar-refractivity contribution in [1.82, 2.24) is 15.1 Å². The van der Waals surface area contributed by atoms with Crippen LogP contribution in [0.25, 0.3) is 11.4 Å². The minimum Gasteiger partial charge on any atom is -0.550 e. The van der Waals surface area contributed by atoms with E-state index < -0.39 is 5.97 Å². The van der Waals surface area contributed by atoms with Crippen molar-refractivity contribution in [2.75, 3.05) is 0 Å². The van der Waals surface area contributed by atoms with Crippen LogP contribution in [0.5, 0.6) is 0 Å². The topological polar surface area (TPSA) is 91.9 Å². The van der Waals surface area contributed by atoms with Gasteiger partial charge in [0.2, 0.25) is 11.7 Å². The molecule has 0 N–H and O–H groups in total. The van der Waals surface area contributed by atoms with E-state index in [1.807, 2.05) is 0 Å². The second-order valence-electron chi connectivity index (χ2n) is 3.12. The Kier molecular flexibility index (Phi) is 2.90. The first-order valence-corrected chi connectivity index (χ1v) is 4.68. The third-order valence-electron chi connectivity index (χ3n) is 1.95. The van der Waals surface area contributed by atoms with Gasteiger partial charge in [0.1, 0.15) is 0 Å². The fraction of sp³-hybridized carbons (Fsp3) is 0.200.